The van der Waals surface area contributed by atoms with E-state index in [2.05, 4.69) is 39.5 Å². The normalized spacial score (nSPS) is 18.6. The Bertz CT molecular complexity index is 1390. The number of carbonyl (C=O) groups is 1. The number of aryl methyl sites for hydroxylation is 2. The Morgan fingerprint density at radius 1 is 1.21 bits per heavy atom. The first-order valence-electron chi connectivity index (χ1n) is 11.6. The van der Waals surface area contributed by atoms with E-state index in [9.17, 15) is 9.18 Å². The molecule has 1 amide bonds. The molecule has 8 nitrogen and oxygen atoms in total. The summed E-state index contributed by atoms with van der Waals surface area (Å²) in [4.78, 5) is 24.9. The van der Waals surface area contributed by atoms with Crippen LogP contribution in [0.1, 0.15) is 37.0 Å². The molecule has 4 aromatic rings. The van der Waals surface area contributed by atoms with Gasteiger partial charge in [-0.05, 0) is 38.1 Å². The van der Waals surface area contributed by atoms with Gasteiger partial charge in [-0.1, -0.05) is 6.92 Å². The minimum atomic E-state index is -0.480. The highest BCUT2D eigenvalue weighted by Crippen LogP contribution is 2.30. The fraction of sp³-hybridized carbons (Fsp3) is 0.360. The first-order valence-corrected chi connectivity index (χ1v) is 11.6. The van der Waals surface area contributed by atoms with Crippen LogP contribution in [-0.2, 0) is 13.5 Å². The molecule has 0 aliphatic carbocycles. The Kier molecular flexibility index (Phi) is 5.65. The summed E-state index contributed by atoms with van der Waals surface area (Å²) in [5.41, 5.74) is 2.68. The van der Waals surface area contributed by atoms with Crippen LogP contribution in [0.15, 0.2) is 36.7 Å². The molecule has 5 rings (SSSR count). The molecule has 1 aliphatic rings. The second-order valence-electron chi connectivity index (χ2n) is 9.06. The average Bonchev–Trinajstić information content (AvgIpc) is 3.18. The Morgan fingerprint density at radius 2 is 1.97 bits per heavy atom. The Morgan fingerprint density at radius 3 is 2.71 bits per heavy atom. The van der Waals surface area contributed by atoms with Gasteiger partial charge in [-0.25, -0.2) is 14.4 Å². The molecule has 2 N–H and O–H groups in total. The molecule has 2 aromatic heterocycles. The maximum atomic E-state index is 14.5. The first kappa shape index (κ1) is 22.2. The van der Waals surface area contributed by atoms with Gasteiger partial charge in [-0.2, -0.15) is 5.10 Å². The molecule has 9 heteroatoms. The molecule has 0 spiro atoms. The molecule has 1 aliphatic heterocycles. The fourth-order valence-electron chi connectivity index (χ4n) is 4.78. The summed E-state index contributed by atoms with van der Waals surface area (Å²) in [7, 11) is 1.73. The summed E-state index contributed by atoms with van der Waals surface area (Å²) in [6, 6.07) is 7.46. The molecule has 176 valence electrons. The summed E-state index contributed by atoms with van der Waals surface area (Å²) in [6.45, 7) is 8.01. The number of fused-ring (bicyclic) bond motifs is 2. The molecule has 2 aromatic carbocycles. The second kappa shape index (κ2) is 8.64. The molecule has 2 atom stereocenters. The Balaban J connectivity index is 1.54. The van der Waals surface area contributed by atoms with Crippen molar-refractivity contribution in [2.45, 2.75) is 39.3 Å². The van der Waals surface area contributed by atoms with Gasteiger partial charge in [0.25, 0.3) is 5.91 Å². The van der Waals surface area contributed by atoms with E-state index in [4.69, 9.17) is 4.98 Å². The number of hydrogen-bond donors (Lipinski definition) is 2. The summed E-state index contributed by atoms with van der Waals surface area (Å²) < 4.78 is 16.1. The standard InChI is InChI=1S/C25H28FN7O/c1-5-22-27-10-19-21(33-11-14(2)28-15(3)12-33)7-6-18(24(19)30-22)25(34)29-17-8-16-13-32(4)31-23(16)20(26)9-17/h6-10,13-15,28H,5,11-12H2,1-4H3,(H,29,34)/t14-,15+. The maximum Gasteiger partial charge on any atom is 0.257 e. The van der Waals surface area contributed by atoms with Crippen LogP contribution in [0, 0.1) is 5.82 Å². The number of halogens is 1. The van der Waals surface area contributed by atoms with Crippen molar-refractivity contribution in [3.8, 4) is 0 Å². The third kappa shape index (κ3) is 4.07. The van der Waals surface area contributed by atoms with E-state index in [-0.39, 0.29) is 11.4 Å². The van der Waals surface area contributed by atoms with Crippen molar-refractivity contribution in [1.82, 2.24) is 25.1 Å². The molecule has 1 saturated heterocycles. The lowest BCUT2D eigenvalue weighted by molar-refractivity contribution is 0.102. The van der Waals surface area contributed by atoms with E-state index in [0.29, 0.717) is 46.5 Å². The van der Waals surface area contributed by atoms with E-state index in [0.717, 1.165) is 24.2 Å². The van der Waals surface area contributed by atoms with Crippen LogP contribution in [0.25, 0.3) is 21.8 Å². The number of nitrogens with one attached hydrogen (secondary N) is 2. The lowest BCUT2D eigenvalue weighted by Crippen LogP contribution is -2.54. The number of carbonyl (C=O) groups excluding carboxylic acids is 1. The SMILES string of the molecule is CCc1ncc2c(N3C[C@@H](C)N[C@@H](C)C3)ccc(C(=O)Nc3cc(F)c4nn(C)cc4c3)c2n1. The summed E-state index contributed by atoms with van der Waals surface area (Å²) >= 11 is 0. The maximum absolute atomic E-state index is 14.5. The van der Waals surface area contributed by atoms with Crippen molar-refractivity contribution >= 4 is 39.1 Å². The zero-order valence-corrected chi connectivity index (χ0v) is 19.8. The zero-order valence-electron chi connectivity index (χ0n) is 19.8. The van der Waals surface area contributed by atoms with Gasteiger partial charge in [0.2, 0.25) is 0 Å². The predicted molar refractivity (Wildman–Crippen MR) is 132 cm³/mol. The number of anilines is 2. The van der Waals surface area contributed by atoms with Crippen LogP contribution in [0.2, 0.25) is 0 Å². The summed E-state index contributed by atoms with van der Waals surface area (Å²) in [5, 5.41) is 12.0. The Labute approximate surface area is 197 Å². The predicted octanol–water partition coefficient (Wildman–Crippen LogP) is 3.66. The topological polar surface area (TPSA) is 88.0 Å². The lowest BCUT2D eigenvalue weighted by Gasteiger charge is -2.38. The van der Waals surface area contributed by atoms with Gasteiger partial charge in [0, 0.05) is 73.2 Å². The van der Waals surface area contributed by atoms with E-state index in [1.54, 1.807) is 30.1 Å². The molecule has 34 heavy (non-hydrogen) atoms. The summed E-state index contributed by atoms with van der Waals surface area (Å²) in [5.74, 6) is -0.156. The average molecular weight is 462 g/mol. The van der Waals surface area contributed by atoms with Gasteiger partial charge in [0.1, 0.15) is 11.3 Å². The highest BCUT2D eigenvalue weighted by atomic mass is 19.1. The van der Waals surface area contributed by atoms with Crippen LogP contribution in [-0.4, -0.2) is 50.8 Å². The molecular formula is C25H28FN7O. The minimum Gasteiger partial charge on any atom is -0.368 e. The van der Waals surface area contributed by atoms with Crippen molar-refractivity contribution in [2.75, 3.05) is 23.3 Å². The van der Waals surface area contributed by atoms with Crippen molar-refractivity contribution in [3.05, 3.63) is 53.9 Å². The van der Waals surface area contributed by atoms with Gasteiger partial charge in [0.15, 0.2) is 5.82 Å². The minimum absolute atomic E-state index is 0.273. The highest BCUT2D eigenvalue weighted by molar-refractivity contribution is 6.14. The monoisotopic (exact) mass is 461 g/mol. The lowest BCUT2D eigenvalue weighted by atomic mass is 10.0. The van der Waals surface area contributed by atoms with Crippen LogP contribution in [0.5, 0.6) is 0 Å². The highest BCUT2D eigenvalue weighted by Gasteiger charge is 2.24. The molecule has 1 fully saturated rings. The Hall–Kier alpha value is -3.59. The van der Waals surface area contributed by atoms with Crippen molar-refractivity contribution < 1.29 is 9.18 Å². The molecule has 0 radical (unpaired) electrons. The van der Waals surface area contributed by atoms with Crippen LogP contribution in [0.3, 0.4) is 0 Å². The molecular weight excluding hydrogens is 433 g/mol. The number of aromatic nitrogens is 4. The number of nitrogens with zero attached hydrogens (tertiary/aromatic N) is 5. The smallest absolute Gasteiger partial charge is 0.257 e. The zero-order chi connectivity index (χ0) is 24.0. The van der Waals surface area contributed by atoms with Crippen molar-refractivity contribution in [3.63, 3.8) is 0 Å². The van der Waals surface area contributed by atoms with E-state index < -0.39 is 5.82 Å². The van der Waals surface area contributed by atoms with Crippen LogP contribution in [0.4, 0.5) is 15.8 Å². The molecule has 0 bridgehead atoms. The van der Waals surface area contributed by atoms with Crippen molar-refractivity contribution in [2.24, 2.45) is 7.05 Å². The number of benzene rings is 2. The summed E-state index contributed by atoms with van der Waals surface area (Å²) in [6.07, 6.45) is 4.19. The fourth-order valence-corrected chi connectivity index (χ4v) is 4.78. The van der Waals surface area contributed by atoms with Crippen molar-refractivity contribution in [1.29, 1.82) is 0 Å². The van der Waals surface area contributed by atoms with E-state index in [1.807, 2.05) is 19.2 Å². The van der Waals surface area contributed by atoms with Gasteiger partial charge >= 0.3 is 0 Å². The third-order valence-corrected chi connectivity index (χ3v) is 6.17. The number of piperazine rings is 1. The third-order valence-electron chi connectivity index (χ3n) is 6.17. The van der Waals surface area contributed by atoms with Gasteiger partial charge in [-0.3, -0.25) is 9.48 Å². The first-order chi connectivity index (χ1) is 16.3. The number of amides is 1. The van der Waals surface area contributed by atoms with E-state index in [1.165, 1.54) is 6.07 Å². The van der Waals surface area contributed by atoms with E-state index >= 15 is 0 Å². The van der Waals surface area contributed by atoms with Gasteiger partial charge in [-0.15, -0.1) is 0 Å². The number of rotatable bonds is 4. The largest absolute Gasteiger partial charge is 0.368 e. The molecule has 3 heterocycles. The second-order valence-corrected chi connectivity index (χ2v) is 9.06. The number of hydrogen-bond acceptors (Lipinski definition) is 6. The quantitative estimate of drug-likeness (QED) is 0.482. The van der Waals surface area contributed by atoms with Gasteiger partial charge in [0.05, 0.1) is 11.1 Å². The van der Waals surface area contributed by atoms with Crippen LogP contribution >= 0.6 is 0 Å². The molecule has 0 unspecified atom stereocenters. The van der Waals surface area contributed by atoms with Crippen LogP contribution < -0.4 is 15.5 Å². The van der Waals surface area contributed by atoms with Gasteiger partial charge < -0.3 is 15.5 Å². The molecule has 0 saturated carbocycles.